The van der Waals surface area contributed by atoms with Crippen LogP contribution in [-0.2, 0) is 6.54 Å². The third-order valence-corrected chi connectivity index (χ3v) is 5.33. The fraction of sp³-hybridized carbons (Fsp3) is 0.429. The smallest absolute Gasteiger partial charge is 0.191 e. The van der Waals surface area contributed by atoms with E-state index >= 15 is 0 Å². The van der Waals surface area contributed by atoms with Crippen molar-refractivity contribution in [1.29, 1.82) is 0 Å². The summed E-state index contributed by atoms with van der Waals surface area (Å²) < 4.78 is 5.49. The minimum Gasteiger partial charge on any atom is -0.496 e. The summed E-state index contributed by atoms with van der Waals surface area (Å²) >= 11 is 6.12. The molecule has 0 radical (unpaired) electrons. The molecule has 28 heavy (non-hydrogen) atoms. The van der Waals surface area contributed by atoms with Crippen LogP contribution in [0.4, 0.5) is 5.69 Å². The second kappa shape index (κ2) is 9.15. The largest absolute Gasteiger partial charge is 0.496 e. The molecular weight excluding hydrogens is 374 g/mol. The van der Waals surface area contributed by atoms with E-state index in [1.807, 2.05) is 38.2 Å². The highest BCUT2D eigenvalue weighted by Gasteiger charge is 2.23. The summed E-state index contributed by atoms with van der Waals surface area (Å²) in [6.45, 7) is 6.53. The number of anilines is 1. The highest BCUT2D eigenvalue weighted by Crippen LogP contribution is 2.24. The molecule has 2 aromatic rings. The average molecular weight is 402 g/mol. The van der Waals surface area contributed by atoms with Gasteiger partial charge in [0.1, 0.15) is 5.75 Å². The number of nitrogens with one attached hydrogen (secondary N) is 2. The van der Waals surface area contributed by atoms with Crippen LogP contribution in [0, 0.1) is 13.8 Å². The molecule has 0 aliphatic carbocycles. The molecule has 0 spiro atoms. The number of rotatable bonds is 5. The quantitative estimate of drug-likeness (QED) is 0.594. The monoisotopic (exact) mass is 401 g/mol. The van der Waals surface area contributed by atoms with E-state index in [4.69, 9.17) is 16.3 Å². The number of halogens is 1. The maximum absolute atomic E-state index is 6.12. The number of ether oxygens (including phenoxy) is 1. The number of guanidine groups is 1. The Balaban J connectivity index is 1.57. The summed E-state index contributed by atoms with van der Waals surface area (Å²) in [6, 6.07) is 8.33. The van der Waals surface area contributed by atoms with Gasteiger partial charge in [0.05, 0.1) is 19.3 Å². The summed E-state index contributed by atoms with van der Waals surface area (Å²) in [5, 5.41) is 7.65. The molecule has 1 unspecified atom stereocenters. The molecule has 6 nitrogen and oxygen atoms in total. The Morgan fingerprint density at radius 1 is 1.39 bits per heavy atom. The number of aromatic nitrogens is 1. The molecule has 0 amide bonds. The predicted octanol–water partition coefficient (Wildman–Crippen LogP) is 3.30. The number of hydrogen-bond donors (Lipinski definition) is 2. The highest BCUT2D eigenvalue weighted by atomic mass is 35.5. The zero-order valence-corrected chi connectivity index (χ0v) is 17.7. The Morgan fingerprint density at radius 2 is 2.21 bits per heavy atom. The summed E-state index contributed by atoms with van der Waals surface area (Å²) in [7, 11) is 3.48. The van der Waals surface area contributed by atoms with Gasteiger partial charge in [0.25, 0.3) is 0 Å². The first-order chi connectivity index (χ1) is 13.5. The molecule has 2 N–H and O–H groups in total. The normalized spacial score (nSPS) is 17.0. The summed E-state index contributed by atoms with van der Waals surface area (Å²) in [5.74, 6) is 1.67. The van der Waals surface area contributed by atoms with E-state index in [2.05, 4.69) is 31.6 Å². The first kappa shape index (κ1) is 20.3. The van der Waals surface area contributed by atoms with Crippen molar-refractivity contribution < 1.29 is 4.74 Å². The van der Waals surface area contributed by atoms with Crippen molar-refractivity contribution in [1.82, 2.24) is 15.6 Å². The van der Waals surface area contributed by atoms with Gasteiger partial charge in [0.2, 0.25) is 0 Å². The van der Waals surface area contributed by atoms with Gasteiger partial charge in [-0.3, -0.25) is 9.98 Å². The van der Waals surface area contributed by atoms with Crippen molar-refractivity contribution in [3.8, 4) is 5.75 Å². The molecular formula is C21H28ClN5O. The molecule has 0 saturated carbocycles. The minimum absolute atomic E-state index is 0.326. The first-order valence-corrected chi connectivity index (χ1v) is 9.86. The number of methoxy groups -OCH3 is 1. The third-order valence-electron chi connectivity index (χ3n) is 5.10. The van der Waals surface area contributed by atoms with Crippen molar-refractivity contribution in [2.75, 3.05) is 32.1 Å². The number of benzene rings is 1. The molecule has 7 heteroatoms. The maximum Gasteiger partial charge on any atom is 0.191 e. The lowest BCUT2D eigenvalue weighted by molar-refractivity contribution is 0.406. The summed E-state index contributed by atoms with van der Waals surface area (Å²) in [6.07, 6.45) is 2.89. The Bertz CT molecular complexity index is 855. The fourth-order valence-corrected chi connectivity index (χ4v) is 3.77. The Hall–Kier alpha value is -2.47. The second-order valence-electron chi connectivity index (χ2n) is 7.03. The van der Waals surface area contributed by atoms with Gasteiger partial charge in [-0.15, -0.1) is 0 Å². The Morgan fingerprint density at radius 3 is 2.93 bits per heavy atom. The van der Waals surface area contributed by atoms with Crippen LogP contribution in [0.1, 0.15) is 23.2 Å². The molecule has 0 bridgehead atoms. The molecule has 1 aliphatic rings. The van der Waals surface area contributed by atoms with E-state index in [9.17, 15) is 0 Å². The summed E-state index contributed by atoms with van der Waals surface area (Å²) in [4.78, 5) is 11.2. The van der Waals surface area contributed by atoms with Crippen LogP contribution in [0.15, 0.2) is 35.5 Å². The van der Waals surface area contributed by atoms with Gasteiger partial charge in [0, 0.05) is 54.2 Å². The van der Waals surface area contributed by atoms with Gasteiger partial charge in [-0.1, -0.05) is 17.7 Å². The Kier molecular flexibility index (Phi) is 6.62. The van der Waals surface area contributed by atoms with Crippen LogP contribution in [0.25, 0.3) is 0 Å². The number of nitrogens with zero attached hydrogens (tertiary/aromatic N) is 3. The lowest BCUT2D eigenvalue weighted by Crippen LogP contribution is -2.44. The molecule has 1 aromatic heterocycles. The second-order valence-corrected chi connectivity index (χ2v) is 7.46. The zero-order valence-electron chi connectivity index (χ0n) is 16.9. The predicted molar refractivity (Wildman–Crippen MR) is 116 cm³/mol. The van der Waals surface area contributed by atoms with Gasteiger partial charge in [0.15, 0.2) is 5.96 Å². The van der Waals surface area contributed by atoms with Gasteiger partial charge >= 0.3 is 0 Å². The summed E-state index contributed by atoms with van der Waals surface area (Å²) in [5.41, 5.74) is 4.21. The fourth-order valence-electron chi connectivity index (χ4n) is 3.59. The van der Waals surface area contributed by atoms with Crippen molar-refractivity contribution in [3.05, 3.63) is 52.3 Å². The number of aryl methyl sites for hydroxylation is 1. The molecule has 2 heterocycles. The minimum atomic E-state index is 0.326. The number of hydrogen-bond acceptors (Lipinski definition) is 4. The van der Waals surface area contributed by atoms with E-state index in [-0.39, 0.29) is 0 Å². The van der Waals surface area contributed by atoms with E-state index in [1.165, 1.54) is 0 Å². The zero-order chi connectivity index (χ0) is 20.1. The van der Waals surface area contributed by atoms with Gasteiger partial charge in [-0.05, 0) is 38.5 Å². The average Bonchev–Trinajstić information content (AvgIpc) is 3.15. The van der Waals surface area contributed by atoms with Crippen molar-refractivity contribution in [2.45, 2.75) is 32.9 Å². The number of aliphatic imine (C=N–C) groups is 1. The van der Waals surface area contributed by atoms with E-state index in [0.29, 0.717) is 12.6 Å². The SMILES string of the molecule is CN=C(NCc1ncc(C)c(OC)c1C)NC1CCN(c2cccc(Cl)c2)C1. The Labute approximate surface area is 172 Å². The number of pyridine rings is 1. The molecule has 1 atom stereocenters. The van der Waals surface area contributed by atoms with Crippen molar-refractivity contribution >= 4 is 23.2 Å². The standard InChI is InChI=1S/C21H28ClN5O/c1-14-11-24-19(15(2)20(14)28-4)12-25-21(23-3)26-17-8-9-27(13-17)18-7-5-6-16(22)10-18/h5-7,10-11,17H,8-9,12-13H2,1-4H3,(H2,23,25,26). The highest BCUT2D eigenvalue weighted by molar-refractivity contribution is 6.30. The molecule has 150 valence electrons. The van der Waals surface area contributed by atoms with Crippen molar-refractivity contribution in [3.63, 3.8) is 0 Å². The van der Waals surface area contributed by atoms with Gasteiger partial charge < -0.3 is 20.3 Å². The first-order valence-electron chi connectivity index (χ1n) is 9.48. The molecule has 3 rings (SSSR count). The van der Waals surface area contributed by atoms with Crippen LogP contribution in [0.3, 0.4) is 0 Å². The third kappa shape index (κ3) is 4.68. The van der Waals surface area contributed by atoms with Crippen LogP contribution in [0.5, 0.6) is 5.75 Å². The van der Waals surface area contributed by atoms with E-state index < -0.39 is 0 Å². The molecule has 1 saturated heterocycles. The van der Waals surface area contributed by atoms with Crippen LogP contribution in [-0.4, -0.2) is 44.2 Å². The molecule has 1 fully saturated rings. The van der Waals surface area contributed by atoms with Crippen molar-refractivity contribution in [2.24, 2.45) is 4.99 Å². The maximum atomic E-state index is 6.12. The van der Waals surface area contributed by atoms with Gasteiger partial charge in [-0.2, -0.15) is 0 Å². The van der Waals surface area contributed by atoms with Gasteiger partial charge in [-0.25, -0.2) is 0 Å². The molecule has 1 aromatic carbocycles. The van der Waals surface area contributed by atoms with E-state index in [1.54, 1.807) is 14.2 Å². The topological polar surface area (TPSA) is 61.8 Å². The van der Waals surface area contributed by atoms with E-state index in [0.717, 1.165) is 58.8 Å². The van der Waals surface area contributed by atoms with Crippen LogP contribution in [0.2, 0.25) is 5.02 Å². The lowest BCUT2D eigenvalue weighted by atomic mass is 10.1. The van der Waals surface area contributed by atoms with Crippen LogP contribution >= 0.6 is 11.6 Å². The molecule has 1 aliphatic heterocycles. The lowest BCUT2D eigenvalue weighted by Gasteiger charge is -2.21. The van der Waals surface area contributed by atoms with Crippen LogP contribution < -0.4 is 20.3 Å².